The van der Waals surface area contributed by atoms with Crippen LogP contribution in [0, 0.1) is 0 Å². The number of ether oxygens (including phenoxy) is 2. The summed E-state index contributed by atoms with van der Waals surface area (Å²) in [4.78, 5) is 19.4. The first-order valence-electron chi connectivity index (χ1n) is 3.50. The fourth-order valence-electron chi connectivity index (χ4n) is 0.317. The molecule has 0 aliphatic carbocycles. The normalized spacial score (nSPS) is 7.67. The standard InChI is InChI=1S/C4H8O2.C3H5ClO2/c1-3-6-4(2)5;1-2-6-3(4)5/h3H2,1-2H3;2H2,1H3. The van der Waals surface area contributed by atoms with Crippen molar-refractivity contribution in [1.29, 1.82) is 0 Å². The summed E-state index contributed by atoms with van der Waals surface area (Å²) < 4.78 is 8.57. The molecule has 0 aromatic carbocycles. The van der Waals surface area contributed by atoms with Gasteiger partial charge in [0.05, 0.1) is 13.2 Å². The maximum absolute atomic E-state index is 9.82. The molecule has 12 heavy (non-hydrogen) atoms. The van der Waals surface area contributed by atoms with Crippen LogP contribution in [-0.2, 0) is 14.3 Å². The number of esters is 1. The Balaban J connectivity index is 0. The summed E-state index contributed by atoms with van der Waals surface area (Å²) in [6, 6.07) is 0. The van der Waals surface area contributed by atoms with Crippen molar-refractivity contribution < 1.29 is 19.1 Å². The third-order valence-electron chi connectivity index (χ3n) is 0.605. The fraction of sp³-hybridized carbons (Fsp3) is 0.714. The first kappa shape index (κ1) is 13.8. The van der Waals surface area contributed by atoms with Gasteiger partial charge in [0.25, 0.3) is 0 Å². The number of hydrogen-bond acceptors (Lipinski definition) is 4. The predicted molar refractivity (Wildman–Crippen MR) is 45.2 cm³/mol. The van der Waals surface area contributed by atoms with Gasteiger partial charge in [0.2, 0.25) is 0 Å². The summed E-state index contributed by atoms with van der Waals surface area (Å²) in [7, 11) is 0. The van der Waals surface area contributed by atoms with Crippen LogP contribution in [0.1, 0.15) is 20.8 Å². The summed E-state index contributed by atoms with van der Waals surface area (Å²) in [5.41, 5.74) is -0.738. The van der Waals surface area contributed by atoms with E-state index >= 15 is 0 Å². The summed E-state index contributed by atoms with van der Waals surface area (Å²) in [5, 5.41) is 0. The molecule has 0 amide bonds. The van der Waals surface area contributed by atoms with E-state index in [1.807, 2.05) is 0 Å². The van der Waals surface area contributed by atoms with E-state index in [9.17, 15) is 9.59 Å². The molecule has 0 radical (unpaired) electrons. The average Bonchev–Trinajstić information content (AvgIpc) is 1.87. The zero-order valence-corrected chi connectivity index (χ0v) is 8.18. The Labute approximate surface area is 76.8 Å². The molecule has 0 aliphatic rings. The Hall–Kier alpha value is -0.770. The maximum Gasteiger partial charge on any atom is 0.403 e. The Morgan fingerprint density at radius 2 is 1.58 bits per heavy atom. The molecule has 0 N–H and O–H groups in total. The van der Waals surface area contributed by atoms with Gasteiger partial charge in [-0.15, -0.1) is 0 Å². The van der Waals surface area contributed by atoms with Gasteiger partial charge < -0.3 is 9.47 Å². The number of hydrogen-bond donors (Lipinski definition) is 0. The number of rotatable bonds is 2. The van der Waals surface area contributed by atoms with Crippen molar-refractivity contribution in [3.05, 3.63) is 0 Å². The minimum atomic E-state index is -0.738. The van der Waals surface area contributed by atoms with Crippen molar-refractivity contribution in [3.8, 4) is 0 Å². The zero-order chi connectivity index (χ0) is 9.98. The van der Waals surface area contributed by atoms with E-state index in [2.05, 4.69) is 9.47 Å². The predicted octanol–water partition coefficient (Wildman–Crippen LogP) is 1.95. The maximum atomic E-state index is 9.82. The Morgan fingerprint density at radius 1 is 1.17 bits per heavy atom. The number of carbonyl (C=O) groups excluding carboxylic acids is 2. The van der Waals surface area contributed by atoms with E-state index < -0.39 is 5.43 Å². The molecular weight excluding hydrogens is 184 g/mol. The summed E-state index contributed by atoms with van der Waals surface area (Å²) in [5.74, 6) is -0.211. The van der Waals surface area contributed by atoms with Gasteiger partial charge in [-0.2, -0.15) is 0 Å². The molecule has 0 spiro atoms. The molecule has 0 bridgehead atoms. The highest BCUT2D eigenvalue weighted by Gasteiger charge is 1.86. The second kappa shape index (κ2) is 10.2. The Kier molecular flexibility index (Phi) is 11.8. The molecule has 0 unspecified atom stereocenters. The smallest absolute Gasteiger partial charge is 0.403 e. The van der Waals surface area contributed by atoms with Crippen LogP contribution in [0.25, 0.3) is 0 Å². The Bertz CT molecular complexity index is 119. The van der Waals surface area contributed by atoms with Gasteiger partial charge in [0.15, 0.2) is 0 Å². The molecule has 0 saturated carbocycles. The molecular formula is C7H13ClO4. The van der Waals surface area contributed by atoms with Gasteiger partial charge in [0, 0.05) is 18.5 Å². The number of carbonyl (C=O) groups is 2. The molecule has 0 aliphatic heterocycles. The lowest BCUT2D eigenvalue weighted by Gasteiger charge is -1.89. The quantitative estimate of drug-likeness (QED) is 0.501. The summed E-state index contributed by atoms with van der Waals surface area (Å²) in [6.07, 6.45) is 0. The lowest BCUT2D eigenvalue weighted by Crippen LogP contribution is -1.95. The number of halogens is 1. The van der Waals surface area contributed by atoms with Gasteiger partial charge in [-0.25, -0.2) is 4.79 Å². The van der Waals surface area contributed by atoms with E-state index in [1.165, 1.54) is 6.92 Å². The van der Waals surface area contributed by atoms with Crippen LogP contribution in [0.5, 0.6) is 0 Å². The highest BCUT2D eigenvalue weighted by Crippen LogP contribution is 1.82. The molecule has 0 heterocycles. The molecule has 0 fully saturated rings. The largest absolute Gasteiger partial charge is 0.466 e. The fourth-order valence-corrected chi connectivity index (χ4v) is 0.426. The molecule has 0 rings (SSSR count). The SMILES string of the molecule is CCOC(=O)Cl.CCOC(C)=O. The van der Waals surface area contributed by atoms with E-state index in [0.717, 1.165) is 0 Å². The third kappa shape index (κ3) is 22.9. The van der Waals surface area contributed by atoms with Gasteiger partial charge in [-0.05, 0) is 13.8 Å². The second-order valence-corrected chi connectivity index (χ2v) is 1.90. The van der Waals surface area contributed by atoms with Gasteiger partial charge in [0.1, 0.15) is 0 Å². The van der Waals surface area contributed by atoms with Crippen molar-refractivity contribution in [1.82, 2.24) is 0 Å². The lowest BCUT2D eigenvalue weighted by atomic mass is 10.8. The van der Waals surface area contributed by atoms with Crippen LogP contribution < -0.4 is 0 Å². The van der Waals surface area contributed by atoms with Crippen molar-refractivity contribution in [2.45, 2.75) is 20.8 Å². The molecule has 0 aromatic rings. The van der Waals surface area contributed by atoms with Crippen LogP contribution in [0.4, 0.5) is 4.79 Å². The van der Waals surface area contributed by atoms with Gasteiger partial charge in [-0.3, -0.25) is 4.79 Å². The van der Waals surface area contributed by atoms with Gasteiger partial charge >= 0.3 is 11.4 Å². The third-order valence-corrected chi connectivity index (χ3v) is 0.715. The second-order valence-electron chi connectivity index (χ2n) is 1.60. The van der Waals surface area contributed by atoms with Crippen LogP contribution in [0.15, 0.2) is 0 Å². The monoisotopic (exact) mass is 196 g/mol. The summed E-state index contributed by atoms with van der Waals surface area (Å²) >= 11 is 4.72. The van der Waals surface area contributed by atoms with E-state index in [0.29, 0.717) is 13.2 Å². The first-order chi connectivity index (χ1) is 5.54. The van der Waals surface area contributed by atoms with Crippen molar-refractivity contribution in [2.75, 3.05) is 13.2 Å². The molecule has 0 atom stereocenters. The van der Waals surface area contributed by atoms with E-state index in [-0.39, 0.29) is 5.97 Å². The molecule has 72 valence electrons. The topological polar surface area (TPSA) is 52.6 Å². The lowest BCUT2D eigenvalue weighted by molar-refractivity contribution is -0.140. The van der Waals surface area contributed by atoms with Crippen LogP contribution in [0.2, 0.25) is 0 Å². The molecule has 0 saturated heterocycles. The molecule has 4 nitrogen and oxygen atoms in total. The van der Waals surface area contributed by atoms with Gasteiger partial charge in [-0.1, -0.05) is 0 Å². The molecule has 5 heteroatoms. The highest BCUT2D eigenvalue weighted by molar-refractivity contribution is 6.61. The van der Waals surface area contributed by atoms with Crippen LogP contribution in [-0.4, -0.2) is 24.6 Å². The van der Waals surface area contributed by atoms with Crippen LogP contribution >= 0.6 is 11.6 Å². The Morgan fingerprint density at radius 3 is 1.58 bits per heavy atom. The van der Waals surface area contributed by atoms with Crippen molar-refractivity contribution in [3.63, 3.8) is 0 Å². The van der Waals surface area contributed by atoms with E-state index in [4.69, 9.17) is 11.6 Å². The summed E-state index contributed by atoms with van der Waals surface area (Å²) in [6.45, 7) is 5.70. The highest BCUT2D eigenvalue weighted by atomic mass is 35.5. The first-order valence-corrected chi connectivity index (χ1v) is 3.88. The van der Waals surface area contributed by atoms with Crippen LogP contribution in [0.3, 0.4) is 0 Å². The minimum absolute atomic E-state index is 0.211. The zero-order valence-electron chi connectivity index (χ0n) is 7.43. The van der Waals surface area contributed by atoms with Crippen molar-refractivity contribution in [2.24, 2.45) is 0 Å². The average molecular weight is 197 g/mol. The van der Waals surface area contributed by atoms with E-state index in [1.54, 1.807) is 13.8 Å². The minimum Gasteiger partial charge on any atom is -0.466 e. The molecule has 0 aromatic heterocycles. The van der Waals surface area contributed by atoms with Crippen molar-refractivity contribution >= 4 is 23.0 Å².